The van der Waals surface area contributed by atoms with Gasteiger partial charge in [0.05, 0.1) is 6.04 Å². The predicted molar refractivity (Wildman–Crippen MR) is 78.0 cm³/mol. The molecular formula is C14H23BrN2. The van der Waals surface area contributed by atoms with Crippen molar-refractivity contribution in [2.24, 2.45) is 5.73 Å². The molecule has 0 fully saturated rings. The van der Waals surface area contributed by atoms with Crippen molar-refractivity contribution in [3.05, 3.63) is 34.3 Å². The van der Waals surface area contributed by atoms with Gasteiger partial charge in [0.2, 0.25) is 0 Å². The molecule has 0 heterocycles. The fraction of sp³-hybridized carbons (Fsp3) is 0.571. The average Bonchev–Trinajstić information content (AvgIpc) is 2.26. The van der Waals surface area contributed by atoms with E-state index < -0.39 is 0 Å². The number of rotatable bonds is 5. The summed E-state index contributed by atoms with van der Waals surface area (Å²) in [6.45, 7) is 9.71. The molecule has 0 radical (unpaired) electrons. The zero-order valence-electron chi connectivity index (χ0n) is 11.2. The summed E-state index contributed by atoms with van der Waals surface area (Å²) in [5.41, 5.74) is 7.47. The molecule has 0 amide bonds. The Balaban J connectivity index is 3.13. The van der Waals surface area contributed by atoms with Crippen LogP contribution in [0.5, 0.6) is 0 Å². The summed E-state index contributed by atoms with van der Waals surface area (Å²) >= 11 is 3.63. The van der Waals surface area contributed by atoms with Crippen molar-refractivity contribution in [3.8, 4) is 0 Å². The molecule has 96 valence electrons. The second-order valence-corrected chi connectivity index (χ2v) is 5.60. The first-order valence-electron chi connectivity index (χ1n) is 6.24. The fourth-order valence-electron chi connectivity index (χ4n) is 2.36. The topological polar surface area (TPSA) is 29.3 Å². The maximum atomic E-state index is 6.19. The molecule has 0 aliphatic carbocycles. The van der Waals surface area contributed by atoms with E-state index in [2.05, 4.69) is 66.7 Å². The van der Waals surface area contributed by atoms with Crippen molar-refractivity contribution in [2.45, 2.75) is 45.8 Å². The van der Waals surface area contributed by atoms with Crippen LogP contribution in [0.4, 0.5) is 0 Å². The molecule has 0 saturated carbocycles. The van der Waals surface area contributed by atoms with Crippen LogP contribution in [-0.2, 0) is 0 Å². The number of halogens is 1. The van der Waals surface area contributed by atoms with E-state index in [1.807, 2.05) is 6.07 Å². The highest BCUT2D eigenvalue weighted by Crippen LogP contribution is 2.30. The van der Waals surface area contributed by atoms with Gasteiger partial charge in [-0.1, -0.05) is 41.1 Å². The van der Waals surface area contributed by atoms with Gasteiger partial charge >= 0.3 is 0 Å². The summed E-state index contributed by atoms with van der Waals surface area (Å²) < 4.78 is 1.14. The number of hydrogen-bond donors (Lipinski definition) is 1. The molecule has 1 aromatic carbocycles. The van der Waals surface area contributed by atoms with E-state index in [9.17, 15) is 0 Å². The van der Waals surface area contributed by atoms with E-state index in [-0.39, 0.29) is 12.1 Å². The normalized spacial score (nSPS) is 15.3. The van der Waals surface area contributed by atoms with E-state index in [1.54, 1.807) is 0 Å². The number of benzene rings is 1. The number of nitrogens with two attached hydrogens (primary N) is 1. The van der Waals surface area contributed by atoms with Gasteiger partial charge < -0.3 is 5.73 Å². The standard InChI is InChI=1S/C14H23BrN2/c1-5-17(10(2)3)14(11(4)16)12-8-6-7-9-13(12)15/h6-11,14H,5,16H2,1-4H3. The molecule has 0 aliphatic heterocycles. The molecule has 2 N–H and O–H groups in total. The zero-order valence-corrected chi connectivity index (χ0v) is 12.7. The van der Waals surface area contributed by atoms with Gasteiger partial charge in [0.25, 0.3) is 0 Å². The molecule has 1 aromatic rings. The van der Waals surface area contributed by atoms with Crippen LogP contribution in [0.1, 0.15) is 39.3 Å². The Bertz CT molecular complexity index is 350. The summed E-state index contributed by atoms with van der Waals surface area (Å²) in [7, 11) is 0. The van der Waals surface area contributed by atoms with Crippen LogP contribution in [0, 0.1) is 0 Å². The Morgan fingerprint density at radius 3 is 2.24 bits per heavy atom. The molecule has 0 aromatic heterocycles. The monoisotopic (exact) mass is 298 g/mol. The lowest BCUT2D eigenvalue weighted by atomic mass is 9.98. The van der Waals surface area contributed by atoms with Crippen LogP contribution in [0.15, 0.2) is 28.7 Å². The second kappa shape index (κ2) is 6.53. The van der Waals surface area contributed by atoms with Crippen LogP contribution in [0.25, 0.3) is 0 Å². The number of hydrogen-bond acceptors (Lipinski definition) is 2. The third kappa shape index (κ3) is 3.54. The lowest BCUT2D eigenvalue weighted by Crippen LogP contribution is -2.43. The van der Waals surface area contributed by atoms with Crippen molar-refractivity contribution in [1.29, 1.82) is 0 Å². The minimum atomic E-state index is 0.107. The Labute approximate surface area is 113 Å². The minimum absolute atomic E-state index is 0.107. The molecule has 0 saturated heterocycles. The first-order valence-corrected chi connectivity index (χ1v) is 7.04. The smallest absolute Gasteiger partial charge is 0.0510 e. The van der Waals surface area contributed by atoms with Crippen molar-refractivity contribution in [3.63, 3.8) is 0 Å². The molecule has 2 nitrogen and oxygen atoms in total. The largest absolute Gasteiger partial charge is 0.326 e. The predicted octanol–water partition coefficient (Wildman–Crippen LogP) is 3.57. The van der Waals surface area contributed by atoms with E-state index in [4.69, 9.17) is 5.73 Å². The zero-order chi connectivity index (χ0) is 13.0. The summed E-state index contributed by atoms with van der Waals surface area (Å²) in [6.07, 6.45) is 0. The van der Waals surface area contributed by atoms with Gasteiger partial charge in [-0.15, -0.1) is 0 Å². The minimum Gasteiger partial charge on any atom is -0.326 e. The maximum absolute atomic E-state index is 6.19. The summed E-state index contributed by atoms with van der Waals surface area (Å²) in [5.74, 6) is 0. The molecule has 0 aliphatic rings. The Morgan fingerprint density at radius 2 is 1.82 bits per heavy atom. The highest BCUT2D eigenvalue weighted by molar-refractivity contribution is 9.10. The number of nitrogens with zero attached hydrogens (tertiary/aromatic N) is 1. The molecule has 3 heteroatoms. The Kier molecular flexibility index (Phi) is 5.63. The van der Waals surface area contributed by atoms with Crippen molar-refractivity contribution < 1.29 is 0 Å². The molecule has 2 atom stereocenters. The third-order valence-electron chi connectivity index (χ3n) is 3.11. The molecule has 0 spiro atoms. The van der Waals surface area contributed by atoms with Crippen LogP contribution in [0.2, 0.25) is 0 Å². The van der Waals surface area contributed by atoms with E-state index in [1.165, 1.54) is 5.56 Å². The van der Waals surface area contributed by atoms with E-state index >= 15 is 0 Å². The Hall–Kier alpha value is -0.380. The lowest BCUT2D eigenvalue weighted by Gasteiger charge is -2.37. The van der Waals surface area contributed by atoms with Crippen molar-refractivity contribution >= 4 is 15.9 Å². The maximum Gasteiger partial charge on any atom is 0.0510 e. The Morgan fingerprint density at radius 1 is 1.24 bits per heavy atom. The molecule has 0 bridgehead atoms. The highest BCUT2D eigenvalue weighted by atomic mass is 79.9. The van der Waals surface area contributed by atoms with Crippen LogP contribution in [-0.4, -0.2) is 23.5 Å². The fourth-order valence-corrected chi connectivity index (χ4v) is 2.88. The quantitative estimate of drug-likeness (QED) is 0.900. The second-order valence-electron chi connectivity index (χ2n) is 4.75. The lowest BCUT2D eigenvalue weighted by molar-refractivity contribution is 0.144. The molecule has 2 unspecified atom stereocenters. The van der Waals surface area contributed by atoms with Gasteiger partial charge in [-0.05, 0) is 38.9 Å². The first kappa shape index (κ1) is 14.7. The van der Waals surface area contributed by atoms with Gasteiger partial charge in [-0.3, -0.25) is 4.90 Å². The van der Waals surface area contributed by atoms with E-state index in [0.29, 0.717) is 6.04 Å². The SMILES string of the molecule is CCN(C(C)C)C(c1ccccc1Br)C(C)N. The molecular weight excluding hydrogens is 276 g/mol. The van der Waals surface area contributed by atoms with Gasteiger partial charge in [0.1, 0.15) is 0 Å². The summed E-state index contributed by atoms with van der Waals surface area (Å²) in [5, 5.41) is 0. The van der Waals surface area contributed by atoms with Crippen LogP contribution >= 0.6 is 15.9 Å². The van der Waals surface area contributed by atoms with Gasteiger partial charge in [0.15, 0.2) is 0 Å². The van der Waals surface area contributed by atoms with Crippen molar-refractivity contribution in [2.75, 3.05) is 6.54 Å². The summed E-state index contributed by atoms with van der Waals surface area (Å²) in [6, 6.07) is 9.21. The van der Waals surface area contributed by atoms with Gasteiger partial charge in [0, 0.05) is 16.6 Å². The van der Waals surface area contributed by atoms with Gasteiger partial charge in [-0.25, -0.2) is 0 Å². The molecule has 17 heavy (non-hydrogen) atoms. The highest BCUT2D eigenvalue weighted by Gasteiger charge is 2.26. The summed E-state index contributed by atoms with van der Waals surface area (Å²) in [4.78, 5) is 2.44. The first-order chi connectivity index (χ1) is 7.99. The van der Waals surface area contributed by atoms with Crippen LogP contribution < -0.4 is 5.73 Å². The van der Waals surface area contributed by atoms with Crippen molar-refractivity contribution in [1.82, 2.24) is 4.90 Å². The van der Waals surface area contributed by atoms with Gasteiger partial charge in [-0.2, -0.15) is 0 Å². The molecule has 1 rings (SSSR count). The third-order valence-corrected chi connectivity index (χ3v) is 3.83. The van der Waals surface area contributed by atoms with E-state index in [0.717, 1.165) is 11.0 Å². The average molecular weight is 299 g/mol. The number of likely N-dealkylation sites (N-methyl/N-ethyl adjacent to an activating group) is 1. The van der Waals surface area contributed by atoms with Crippen LogP contribution in [0.3, 0.4) is 0 Å².